The van der Waals surface area contributed by atoms with Crippen LogP contribution in [0.25, 0.3) is 0 Å². The summed E-state index contributed by atoms with van der Waals surface area (Å²) in [7, 11) is 0. The monoisotopic (exact) mass is 309 g/mol. The van der Waals surface area contributed by atoms with Gasteiger partial charge in [0.05, 0.1) is 0 Å². The third-order valence-corrected chi connectivity index (χ3v) is 5.02. The van der Waals surface area contributed by atoms with E-state index in [0.717, 1.165) is 16.3 Å². The van der Waals surface area contributed by atoms with Crippen LogP contribution in [0.1, 0.15) is 45.6 Å². The summed E-state index contributed by atoms with van der Waals surface area (Å²) < 4.78 is 1.12. The molecular weight excluding hydrogens is 286 g/mol. The largest absolute Gasteiger partial charge is 0.321 e. The summed E-state index contributed by atoms with van der Waals surface area (Å²) in [5, 5.41) is 0. The molecular formula is C16H24BrN. The van der Waals surface area contributed by atoms with Crippen LogP contribution in [0.3, 0.4) is 0 Å². The van der Waals surface area contributed by atoms with Gasteiger partial charge in [0.15, 0.2) is 0 Å². The zero-order valence-corrected chi connectivity index (χ0v) is 13.2. The van der Waals surface area contributed by atoms with Crippen molar-refractivity contribution in [2.24, 2.45) is 23.5 Å². The van der Waals surface area contributed by atoms with Gasteiger partial charge in [-0.2, -0.15) is 0 Å². The van der Waals surface area contributed by atoms with E-state index >= 15 is 0 Å². The lowest BCUT2D eigenvalue weighted by Gasteiger charge is -2.41. The molecule has 3 unspecified atom stereocenters. The van der Waals surface area contributed by atoms with Gasteiger partial charge in [0.25, 0.3) is 0 Å². The first-order valence-electron chi connectivity index (χ1n) is 6.94. The number of rotatable bonds is 2. The molecule has 0 saturated heterocycles. The van der Waals surface area contributed by atoms with Gasteiger partial charge in [0.1, 0.15) is 0 Å². The predicted octanol–water partition coefficient (Wildman–Crippen LogP) is 4.70. The average molecular weight is 310 g/mol. The summed E-state index contributed by atoms with van der Waals surface area (Å²) >= 11 is 3.49. The normalized spacial score (nSPS) is 31.9. The van der Waals surface area contributed by atoms with Gasteiger partial charge in [-0.3, -0.25) is 0 Å². The molecule has 1 fully saturated rings. The lowest BCUT2D eigenvalue weighted by molar-refractivity contribution is 0.145. The van der Waals surface area contributed by atoms with Crippen molar-refractivity contribution in [3.63, 3.8) is 0 Å². The van der Waals surface area contributed by atoms with Crippen LogP contribution in [-0.4, -0.2) is 0 Å². The van der Waals surface area contributed by atoms with Gasteiger partial charge < -0.3 is 5.73 Å². The number of halogens is 1. The van der Waals surface area contributed by atoms with Crippen LogP contribution in [0.4, 0.5) is 0 Å². The third-order valence-electron chi connectivity index (χ3n) is 4.49. The summed E-state index contributed by atoms with van der Waals surface area (Å²) in [4.78, 5) is 0. The Labute approximate surface area is 119 Å². The van der Waals surface area contributed by atoms with E-state index in [2.05, 4.69) is 61.0 Å². The Balaban J connectivity index is 2.21. The second-order valence-electron chi connectivity index (χ2n) is 6.40. The zero-order chi connectivity index (χ0) is 13.3. The van der Waals surface area contributed by atoms with Crippen molar-refractivity contribution in [3.05, 3.63) is 34.3 Å². The fourth-order valence-electron chi connectivity index (χ4n) is 3.48. The third kappa shape index (κ3) is 2.97. The lowest BCUT2D eigenvalue weighted by Crippen LogP contribution is -2.44. The van der Waals surface area contributed by atoms with Crippen molar-refractivity contribution in [1.29, 1.82) is 0 Å². The molecule has 1 aliphatic rings. The molecule has 0 amide bonds. The van der Waals surface area contributed by atoms with Crippen LogP contribution in [0.5, 0.6) is 0 Å². The number of hydrogen-bond acceptors (Lipinski definition) is 1. The highest BCUT2D eigenvalue weighted by atomic mass is 79.9. The van der Waals surface area contributed by atoms with Crippen LogP contribution in [0, 0.1) is 17.8 Å². The van der Waals surface area contributed by atoms with Crippen LogP contribution >= 0.6 is 15.9 Å². The Morgan fingerprint density at radius 2 is 1.56 bits per heavy atom. The standard InChI is InChI=1S/C16H24BrN/c1-11-8-12(2)10-14(9-11)16(3,18)13-4-6-15(17)7-5-13/h4-7,11-12,14H,8-10,18H2,1-3H3. The Kier molecular flexibility index (Phi) is 4.18. The van der Waals surface area contributed by atoms with Crippen molar-refractivity contribution in [3.8, 4) is 0 Å². The minimum Gasteiger partial charge on any atom is -0.321 e. The van der Waals surface area contributed by atoms with Crippen molar-refractivity contribution in [2.75, 3.05) is 0 Å². The first kappa shape index (κ1) is 14.1. The maximum Gasteiger partial charge on any atom is 0.0409 e. The van der Waals surface area contributed by atoms with Gasteiger partial charge in [-0.25, -0.2) is 0 Å². The summed E-state index contributed by atoms with van der Waals surface area (Å²) in [6, 6.07) is 8.51. The van der Waals surface area contributed by atoms with Crippen LogP contribution in [-0.2, 0) is 5.54 Å². The molecule has 2 N–H and O–H groups in total. The molecule has 1 aliphatic carbocycles. The Morgan fingerprint density at radius 3 is 2.06 bits per heavy atom. The molecule has 2 heteroatoms. The number of hydrogen-bond donors (Lipinski definition) is 1. The van der Waals surface area contributed by atoms with Crippen LogP contribution in [0.15, 0.2) is 28.7 Å². The molecule has 1 aromatic carbocycles. The Bertz CT molecular complexity index is 386. The van der Waals surface area contributed by atoms with Gasteiger partial charge in [-0.1, -0.05) is 41.9 Å². The molecule has 1 nitrogen and oxygen atoms in total. The molecule has 18 heavy (non-hydrogen) atoms. The van der Waals surface area contributed by atoms with Gasteiger partial charge in [0.2, 0.25) is 0 Å². The van der Waals surface area contributed by atoms with Gasteiger partial charge in [-0.15, -0.1) is 0 Å². The molecule has 0 heterocycles. The topological polar surface area (TPSA) is 26.0 Å². The molecule has 2 rings (SSSR count). The molecule has 3 atom stereocenters. The van der Waals surface area contributed by atoms with E-state index in [1.807, 2.05) is 0 Å². The zero-order valence-electron chi connectivity index (χ0n) is 11.6. The van der Waals surface area contributed by atoms with E-state index in [1.165, 1.54) is 24.8 Å². The molecule has 0 aliphatic heterocycles. The number of nitrogens with two attached hydrogens (primary N) is 1. The molecule has 0 spiro atoms. The summed E-state index contributed by atoms with van der Waals surface area (Å²) in [6.45, 7) is 6.92. The highest BCUT2D eigenvalue weighted by Crippen LogP contribution is 2.41. The van der Waals surface area contributed by atoms with E-state index < -0.39 is 0 Å². The minimum atomic E-state index is -0.205. The SMILES string of the molecule is CC1CC(C)CC(C(C)(N)c2ccc(Br)cc2)C1. The molecule has 1 aromatic rings. The molecule has 0 bridgehead atoms. The van der Waals surface area contributed by atoms with Crippen molar-refractivity contribution in [1.82, 2.24) is 0 Å². The fraction of sp³-hybridized carbons (Fsp3) is 0.625. The Morgan fingerprint density at radius 1 is 1.06 bits per heavy atom. The molecule has 0 radical (unpaired) electrons. The molecule has 0 aromatic heterocycles. The Hall–Kier alpha value is -0.340. The van der Waals surface area contributed by atoms with Crippen molar-refractivity contribution >= 4 is 15.9 Å². The first-order chi connectivity index (χ1) is 8.39. The van der Waals surface area contributed by atoms with E-state index in [0.29, 0.717) is 5.92 Å². The average Bonchev–Trinajstić information content (AvgIpc) is 2.28. The highest BCUT2D eigenvalue weighted by molar-refractivity contribution is 9.10. The van der Waals surface area contributed by atoms with Crippen molar-refractivity contribution in [2.45, 2.75) is 45.6 Å². The maximum absolute atomic E-state index is 6.67. The minimum absolute atomic E-state index is 0.205. The smallest absolute Gasteiger partial charge is 0.0409 e. The second kappa shape index (κ2) is 5.34. The van der Waals surface area contributed by atoms with Gasteiger partial charge in [-0.05, 0) is 61.6 Å². The summed E-state index contributed by atoms with van der Waals surface area (Å²) in [5.74, 6) is 2.20. The molecule has 1 saturated carbocycles. The van der Waals surface area contributed by atoms with Gasteiger partial charge >= 0.3 is 0 Å². The lowest BCUT2D eigenvalue weighted by atomic mass is 9.67. The highest BCUT2D eigenvalue weighted by Gasteiger charge is 2.36. The maximum atomic E-state index is 6.67. The first-order valence-corrected chi connectivity index (χ1v) is 7.73. The summed E-state index contributed by atoms with van der Waals surface area (Å²) in [5.41, 5.74) is 7.73. The predicted molar refractivity (Wildman–Crippen MR) is 81.4 cm³/mol. The van der Waals surface area contributed by atoms with Gasteiger partial charge in [0, 0.05) is 10.0 Å². The van der Waals surface area contributed by atoms with E-state index in [-0.39, 0.29) is 5.54 Å². The van der Waals surface area contributed by atoms with Crippen LogP contribution < -0.4 is 5.73 Å². The fourth-order valence-corrected chi connectivity index (χ4v) is 3.75. The summed E-state index contributed by atoms with van der Waals surface area (Å²) in [6.07, 6.45) is 3.87. The van der Waals surface area contributed by atoms with E-state index in [1.54, 1.807) is 0 Å². The molecule has 100 valence electrons. The van der Waals surface area contributed by atoms with Crippen LogP contribution in [0.2, 0.25) is 0 Å². The van der Waals surface area contributed by atoms with E-state index in [9.17, 15) is 0 Å². The van der Waals surface area contributed by atoms with Crippen molar-refractivity contribution < 1.29 is 0 Å². The van der Waals surface area contributed by atoms with E-state index in [4.69, 9.17) is 5.73 Å². The second-order valence-corrected chi connectivity index (χ2v) is 7.32. The quantitative estimate of drug-likeness (QED) is 0.842. The number of benzene rings is 1.